The summed E-state index contributed by atoms with van der Waals surface area (Å²) in [5.41, 5.74) is -0.447. The molecule has 1 amide bonds. The van der Waals surface area contributed by atoms with Crippen LogP contribution in [0.15, 0.2) is 0 Å². The Bertz CT molecular complexity index is 382. The number of hydrogen-bond donors (Lipinski definition) is 0. The maximum atomic E-state index is 12.0. The van der Waals surface area contributed by atoms with Crippen LogP contribution in [0.2, 0.25) is 0 Å². The first kappa shape index (κ1) is 17.5. The van der Waals surface area contributed by atoms with Crippen molar-refractivity contribution in [2.24, 2.45) is 0 Å². The molecule has 0 radical (unpaired) electrons. The first-order valence-electron chi connectivity index (χ1n) is 8.06. The summed E-state index contributed by atoms with van der Waals surface area (Å²) in [6.45, 7) is 11.9. The van der Waals surface area contributed by atoms with Crippen LogP contribution >= 0.6 is 0 Å². The molecule has 0 N–H and O–H groups in total. The molecule has 0 unspecified atom stereocenters. The summed E-state index contributed by atoms with van der Waals surface area (Å²) in [7, 11) is 0. The molecule has 2 aliphatic heterocycles. The van der Waals surface area contributed by atoms with E-state index in [0.29, 0.717) is 26.3 Å². The predicted molar refractivity (Wildman–Crippen MR) is 81.7 cm³/mol. The summed E-state index contributed by atoms with van der Waals surface area (Å²) in [5.74, 6) is -0.506. The van der Waals surface area contributed by atoms with Gasteiger partial charge in [-0.2, -0.15) is 0 Å². The van der Waals surface area contributed by atoms with Crippen LogP contribution in [0.4, 0.5) is 4.79 Å². The summed E-state index contributed by atoms with van der Waals surface area (Å²) < 4.78 is 22.5. The Morgan fingerprint density at radius 2 is 1.91 bits per heavy atom. The molecule has 2 aliphatic rings. The molecule has 128 valence electrons. The number of hydrogen-bond acceptors (Lipinski definition) is 5. The maximum Gasteiger partial charge on any atom is 0.410 e. The van der Waals surface area contributed by atoms with Crippen molar-refractivity contribution in [3.63, 3.8) is 0 Å². The van der Waals surface area contributed by atoms with E-state index in [2.05, 4.69) is 0 Å². The van der Waals surface area contributed by atoms with Gasteiger partial charge in [-0.25, -0.2) is 4.79 Å². The van der Waals surface area contributed by atoms with Crippen LogP contribution in [0.25, 0.3) is 0 Å². The summed E-state index contributed by atoms with van der Waals surface area (Å²) in [6.07, 6.45) is 1.59. The Balaban J connectivity index is 1.66. The van der Waals surface area contributed by atoms with Gasteiger partial charge < -0.3 is 23.8 Å². The lowest BCUT2D eigenvalue weighted by Gasteiger charge is -2.33. The van der Waals surface area contributed by atoms with E-state index in [1.165, 1.54) is 0 Å². The predicted octanol–water partition coefficient (Wildman–Crippen LogP) is 2.55. The number of amides is 1. The minimum Gasteiger partial charge on any atom is -0.444 e. The zero-order valence-corrected chi connectivity index (χ0v) is 14.4. The Labute approximate surface area is 133 Å². The fourth-order valence-electron chi connectivity index (χ4n) is 2.62. The quantitative estimate of drug-likeness (QED) is 0.801. The maximum absolute atomic E-state index is 12.0. The third kappa shape index (κ3) is 5.41. The van der Waals surface area contributed by atoms with Crippen molar-refractivity contribution >= 4 is 6.09 Å². The lowest BCUT2D eigenvalue weighted by Crippen LogP contribution is -2.43. The van der Waals surface area contributed by atoms with Crippen LogP contribution in [0.1, 0.15) is 47.5 Å². The number of carbonyl (C=O) groups excluding carboxylic acids is 1. The summed E-state index contributed by atoms with van der Waals surface area (Å²) in [5, 5.41) is 0. The first-order valence-corrected chi connectivity index (χ1v) is 8.06. The number of rotatable bonds is 3. The fraction of sp³-hybridized carbons (Fsp3) is 0.938. The van der Waals surface area contributed by atoms with Gasteiger partial charge in [-0.3, -0.25) is 0 Å². The number of piperidine rings is 1. The molecule has 6 nitrogen and oxygen atoms in total. The molecule has 22 heavy (non-hydrogen) atoms. The molecule has 0 saturated carbocycles. The topological polar surface area (TPSA) is 57.2 Å². The van der Waals surface area contributed by atoms with Gasteiger partial charge >= 0.3 is 6.09 Å². The summed E-state index contributed by atoms with van der Waals surface area (Å²) in [4.78, 5) is 13.7. The van der Waals surface area contributed by atoms with E-state index in [-0.39, 0.29) is 18.3 Å². The highest BCUT2D eigenvalue weighted by Gasteiger charge is 2.34. The van der Waals surface area contributed by atoms with Crippen LogP contribution in [-0.4, -0.2) is 60.9 Å². The normalized spacial score (nSPS) is 26.2. The van der Waals surface area contributed by atoms with Gasteiger partial charge in [0.1, 0.15) is 11.7 Å². The highest BCUT2D eigenvalue weighted by Crippen LogP contribution is 2.24. The van der Waals surface area contributed by atoms with Gasteiger partial charge in [-0.05, 0) is 47.5 Å². The highest BCUT2D eigenvalue weighted by molar-refractivity contribution is 5.68. The molecule has 0 aliphatic carbocycles. The van der Waals surface area contributed by atoms with Crippen molar-refractivity contribution in [1.82, 2.24) is 4.90 Å². The van der Waals surface area contributed by atoms with Gasteiger partial charge in [0.15, 0.2) is 5.79 Å². The summed E-state index contributed by atoms with van der Waals surface area (Å²) in [6, 6.07) is 0. The second kappa shape index (κ2) is 6.72. The minimum absolute atomic E-state index is 0.00103. The summed E-state index contributed by atoms with van der Waals surface area (Å²) >= 11 is 0. The van der Waals surface area contributed by atoms with E-state index in [1.807, 2.05) is 34.6 Å². The monoisotopic (exact) mass is 315 g/mol. The van der Waals surface area contributed by atoms with Gasteiger partial charge in [0, 0.05) is 13.1 Å². The highest BCUT2D eigenvalue weighted by atomic mass is 16.7. The molecule has 2 saturated heterocycles. The molecular weight excluding hydrogens is 286 g/mol. The molecule has 1 atom stereocenters. The van der Waals surface area contributed by atoms with Crippen molar-refractivity contribution in [2.75, 3.05) is 26.3 Å². The van der Waals surface area contributed by atoms with E-state index >= 15 is 0 Å². The molecular formula is C16H29NO5. The lowest BCUT2D eigenvalue weighted by atomic mass is 10.1. The van der Waals surface area contributed by atoms with E-state index in [1.54, 1.807) is 4.90 Å². The van der Waals surface area contributed by atoms with Gasteiger partial charge in [0.05, 0.1) is 19.3 Å². The van der Waals surface area contributed by atoms with E-state index in [4.69, 9.17) is 18.9 Å². The Hall–Kier alpha value is -0.850. The SMILES string of the molecule is CC(C)(C)OC(=O)N1CCC(OC[C@H]2COC(C)(C)O2)CC1. The molecule has 0 aromatic rings. The average Bonchev–Trinajstić information content (AvgIpc) is 2.74. The van der Waals surface area contributed by atoms with Crippen molar-refractivity contribution in [3.8, 4) is 0 Å². The van der Waals surface area contributed by atoms with E-state index in [0.717, 1.165) is 12.8 Å². The zero-order valence-electron chi connectivity index (χ0n) is 14.4. The molecule has 0 aromatic heterocycles. The van der Waals surface area contributed by atoms with Gasteiger partial charge in [-0.15, -0.1) is 0 Å². The number of carbonyl (C=O) groups is 1. The second-order valence-electron chi connectivity index (χ2n) is 7.45. The van der Waals surface area contributed by atoms with Crippen molar-refractivity contribution in [2.45, 2.75) is 71.1 Å². The van der Waals surface area contributed by atoms with Crippen molar-refractivity contribution in [1.29, 1.82) is 0 Å². The zero-order chi connectivity index (χ0) is 16.4. The average molecular weight is 315 g/mol. The molecule has 0 spiro atoms. The van der Waals surface area contributed by atoms with Crippen LogP contribution < -0.4 is 0 Å². The molecule has 6 heteroatoms. The van der Waals surface area contributed by atoms with Gasteiger partial charge in [-0.1, -0.05) is 0 Å². The van der Waals surface area contributed by atoms with Crippen molar-refractivity contribution in [3.05, 3.63) is 0 Å². The van der Waals surface area contributed by atoms with Gasteiger partial charge in [0.25, 0.3) is 0 Å². The molecule has 0 bridgehead atoms. The number of ether oxygens (including phenoxy) is 4. The third-order valence-corrected chi connectivity index (χ3v) is 3.68. The third-order valence-electron chi connectivity index (χ3n) is 3.68. The van der Waals surface area contributed by atoms with Crippen LogP contribution in [-0.2, 0) is 18.9 Å². The van der Waals surface area contributed by atoms with Crippen LogP contribution in [0, 0.1) is 0 Å². The Morgan fingerprint density at radius 3 is 2.41 bits per heavy atom. The Kier molecular flexibility index (Phi) is 5.35. The van der Waals surface area contributed by atoms with Crippen LogP contribution in [0.3, 0.4) is 0 Å². The van der Waals surface area contributed by atoms with E-state index < -0.39 is 11.4 Å². The smallest absolute Gasteiger partial charge is 0.410 e. The number of likely N-dealkylation sites (tertiary alicyclic amines) is 1. The van der Waals surface area contributed by atoms with Gasteiger partial charge in [0.2, 0.25) is 0 Å². The van der Waals surface area contributed by atoms with E-state index in [9.17, 15) is 4.79 Å². The van der Waals surface area contributed by atoms with Crippen molar-refractivity contribution < 1.29 is 23.7 Å². The lowest BCUT2D eigenvalue weighted by molar-refractivity contribution is -0.149. The fourth-order valence-corrected chi connectivity index (χ4v) is 2.62. The molecule has 0 aromatic carbocycles. The van der Waals surface area contributed by atoms with Crippen LogP contribution in [0.5, 0.6) is 0 Å². The molecule has 2 rings (SSSR count). The second-order valence-corrected chi connectivity index (χ2v) is 7.45. The standard InChI is InChI=1S/C16H29NO5/c1-15(2,3)22-14(18)17-8-6-12(7-9-17)19-10-13-11-20-16(4,5)21-13/h12-13H,6-11H2,1-5H3/t13-/m0/s1. The Morgan fingerprint density at radius 1 is 1.27 bits per heavy atom. The largest absolute Gasteiger partial charge is 0.444 e. The first-order chi connectivity index (χ1) is 10.1. The molecule has 2 fully saturated rings. The minimum atomic E-state index is -0.506. The number of nitrogens with zero attached hydrogens (tertiary/aromatic N) is 1. The molecule has 2 heterocycles.